The van der Waals surface area contributed by atoms with E-state index in [1.54, 1.807) is 26.4 Å². The quantitative estimate of drug-likeness (QED) is 0.550. The van der Waals surface area contributed by atoms with Crippen molar-refractivity contribution in [3.63, 3.8) is 0 Å². The number of aliphatic imine (C=N–C) groups is 1. The second-order valence-electron chi connectivity index (χ2n) is 6.78. The molecule has 1 aliphatic rings. The summed E-state index contributed by atoms with van der Waals surface area (Å²) in [6, 6.07) is 0. The topological polar surface area (TPSA) is 41.5 Å². The Labute approximate surface area is 150 Å². The van der Waals surface area contributed by atoms with E-state index in [4.69, 9.17) is 0 Å². The Kier molecular flexibility index (Phi) is 17.1. The smallest absolute Gasteiger partial charge is 0.223 e. The summed E-state index contributed by atoms with van der Waals surface area (Å²) in [6.07, 6.45) is 11.9. The van der Waals surface area contributed by atoms with E-state index < -0.39 is 0 Å². The fraction of sp³-hybridized carbons (Fsp3) is 0.714. The van der Waals surface area contributed by atoms with Gasteiger partial charge in [0.1, 0.15) is 0 Å². The van der Waals surface area contributed by atoms with E-state index in [0.717, 1.165) is 6.42 Å². The molecule has 0 aromatic heterocycles. The van der Waals surface area contributed by atoms with Gasteiger partial charge in [-0.25, -0.2) is 0 Å². The summed E-state index contributed by atoms with van der Waals surface area (Å²) >= 11 is 0. The van der Waals surface area contributed by atoms with E-state index in [1.807, 2.05) is 12.2 Å². The van der Waals surface area contributed by atoms with Crippen molar-refractivity contribution in [2.24, 2.45) is 28.7 Å². The van der Waals surface area contributed by atoms with Crippen molar-refractivity contribution in [2.45, 2.75) is 60.3 Å². The monoisotopic (exact) mass is 336 g/mol. The van der Waals surface area contributed by atoms with Gasteiger partial charge in [-0.3, -0.25) is 9.79 Å². The number of allylic oxidation sites excluding steroid dienone is 3. The third-order valence-electron chi connectivity index (χ3n) is 4.09. The van der Waals surface area contributed by atoms with Crippen LogP contribution < -0.4 is 5.32 Å². The minimum Gasteiger partial charge on any atom is -0.359 e. The molecule has 0 aromatic rings. The maximum atomic E-state index is 11.7. The van der Waals surface area contributed by atoms with Crippen LogP contribution in [0.4, 0.5) is 0 Å². The highest BCUT2D eigenvalue weighted by Crippen LogP contribution is 2.37. The van der Waals surface area contributed by atoms with Gasteiger partial charge in [0.15, 0.2) is 0 Å². The number of carbonyl (C=O) groups is 1. The average molecular weight is 337 g/mol. The second kappa shape index (κ2) is 16.5. The maximum Gasteiger partial charge on any atom is 0.223 e. The lowest BCUT2D eigenvalue weighted by Gasteiger charge is -2.36. The molecule has 0 aliphatic heterocycles. The standard InChI is InChI=1S/C12H23NO.C6H9N.C3H8/c1-8(2)10-6-5-9(3)7-11(10)12(14)13-4;1-3-4-5-6-7-2;1-3-2/h8-11H,5-7H2,1-4H3,(H,13,14);3-6H,1H2,2H3;3H2,1-2H3/b;5-4-,7-6?;/t9?,10-,11?;;/m0../s1. The first-order chi connectivity index (χ1) is 11.4. The fourth-order valence-electron chi connectivity index (χ4n) is 2.90. The van der Waals surface area contributed by atoms with E-state index in [9.17, 15) is 4.79 Å². The van der Waals surface area contributed by atoms with Crippen LogP contribution in [0.15, 0.2) is 29.8 Å². The summed E-state index contributed by atoms with van der Waals surface area (Å²) in [4.78, 5) is 15.4. The largest absolute Gasteiger partial charge is 0.359 e. The summed E-state index contributed by atoms with van der Waals surface area (Å²) in [5.74, 6) is 2.43. The van der Waals surface area contributed by atoms with E-state index >= 15 is 0 Å². The van der Waals surface area contributed by atoms with Gasteiger partial charge in [-0.1, -0.05) is 66.2 Å². The van der Waals surface area contributed by atoms with Crippen LogP contribution in [0.2, 0.25) is 0 Å². The van der Waals surface area contributed by atoms with Gasteiger partial charge in [0, 0.05) is 26.2 Å². The number of hydrogen-bond donors (Lipinski definition) is 1. The van der Waals surface area contributed by atoms with E-state index in [0.29, 0.717) is 17.8 Å². The van der Waals surface area contributed by atoms with Crippen molar-refractivity contribution in [1.82, 2.24) is 5.32 Å². The first-order valence-corrected chi connectivity index (χ1v) is 9.30. The van der Waals surface area contributed by atoms with Gasteiger partial charge in [0.2, 0.25) is 5.91 Å². The van der Waals surface area contributed by atoms with Gasteiger partial charge < -0.3 is 5.32 Å². The fourth-order valence-corrected chi connectivity index (χ4v) is 2.90. The summed E-state index contributed by atoms with van der Waals surface area (Å²) < 4.78 is 0. The minimum absolute atomic E-state index is 0.246. The number of hydrogen-bond acceptors (Lipinski definition) is 2. The van der Waals surface area contributed by atoms with Crippen LogP contribution in [0.25, 0.3) is 0 Å². The van der Waals surface area contributed by atoms with Crippen LogP contribution in [-0.2, 0) is 4.79 Å². The lowest BCUT2D eigenvalue weighted by atomic mass is 9.70. The third-order valence-corrected chi connectivity index (χ3v) is 4.09. The van der Waals surface area contributed by atoms with Gasteiger partial charge in [-0.15, -0.1) is 0 Å². The Bertz CT molecular complexity index is 372. The molecule has 3 atom stereocenters. The lowest BCUT2D eigenvalue weighted by Crippen LogP contribution is -2.38. The molecule has 1 N–H and O–H groups in total. The molecule has 0 spiro atoms. The Balaban J connectivity index is 0. The van der Waals surface area contributed by atoms with Crippen molar-refractivity contribution < 1.29 is 4.79 Å². The summed E-state index contributed by atoms with van der Waals surface area (Å²) in [7, 11) is 3.48. The highest BCUT2D eigenvalue weighted by molar-refractivity contribution is 5.78. The highest BCUT2D eigenvalue weighted by Gasteiger charge is 2.34. The number of rotatable bonds is 4. The van der Waals surface area contributed by atoms with Gasteiger partial charge in [-0.05, 0) is 36.7 Å². The predicted molar refractivity (Wildman–Crippen MR) is 109 cm³/mol. The molecule has 24 heavy (non-hydrogen) atoms. The van der Waals surface area contributed by atoms with Crippen LogP contribution >= 0.6 is 0 Å². The molecule has 0 heterocycles. The molecule has 3 nitrogen and oxygen atoms in total. The number of carbonyl (C=O) groups excluding carboxylic acids is 1. The minimum atomic E-state index is 0.246. The zero-order valence-corrected chi connectivity index (χ0v) is 17.0. The molecular weight excluding hydrogens is 296 g/mol. The Hall–Kier alpha value is -1.38. The zero-order valence-electron chi connectivity index (χ0n) is 17.0. The van der Waals surface area contributed by atoms with Crippen LogP contribution in [0.3, 0.4) is 0 Å². The van der Waals surface area contributed by atoms with Crippen molar-refractivity contribution in [1.29, 1.82) is 0 Å². The highest BCUT2D eigenvalue weighted by atomic mass is 16.1. The van der Waals surface area contributed by atoms with E-state index in [1.165, 1.54) is 19.3 Å². The summed E-state index contributed by atoms with van der Waals surface area (Å²) in [5, 5.41) is 2.80. The molecule has 1 aliphatic carbocycles. The average Bonchev–Trinajstić information content (AvgIpc) is 2.55. The molecular formula is C21H40N2O. The molecule has 1 saturated carbocycles. The zero-order chi connectivity index (χ0) is 19.0. The second-order valence-corrected chi connectivity index (χ2v) is 6.78. The SMILES string of the molecule is C=C/C=C\C=NC.CCC.CNC(=O)C1CC(C)CC[C@H]1C(C)C. The van der Waals surface area contributed by atoms with Crippen molar-refractivity contribution in [2.75, 3.05) is 14.1 Å². The number of nitrogens with one attached hydrogen (secondary N) is 1. The first kappa shape index (κ1) is 24.9. The van der Waals surface area contributed by atoms with E-state index in [-0.39, 0.29) is 11.8 Å². The summed E-state index contributed by atoms with van der Waals surface area (Å²) in [5.41, 5.74) is 0. The Morgan fingerprint density at radius 3 is 2.29 bits per heavy atom. The van der Waals surface area contributed by atoms with Crippen molar-refractivity contribution >= 4 is 12.1 Å². The summed E-state index contributed by atoms with van der Waals surface area (Å²) in [6.45, 7) is 14.5. The third kappa shape index (κ3) is 12.1. The van der Waals surface area contributed by atoms with Crippen LogP contribution in [0, 0.1) is 23.7 Å². The van der Waals surface area contributed by atoms with Gasteiger partial charge in [0.05, 0.1) is 0 Å². The molecule has 3 heteroatoms. The van der Waals surface area contributed by atoms with Crippen molar-refractivity contribution in [3.8, 4) is 0 Å². The molecule has 140 valence electrons. The van der Waals surface area contributed by atoms with Crippen LogP contribution in [0.5, 0.6) is 0 Å². The Morgan fingerprint density at radius 1 is 1.29 bits per heavy atom. The van der Waals surface area contributed by atoms with Gasteiger partial charge >= 0.3 is 0 Å². The first-order valence-electron chi connectivity index (χ1n) is 9.30. The number of nitrogens with zero attached hydrogens (tertiary/aromatic N) is 1. The normalized spacial score (nSPS) is 23.2. The molecule has 1 fully saturated rings. The van der Waals surface area contributed by atoms with E-state index in [2.05, 4.69) is 51.5 Å². The van der Waals surface area contributed by atoms with Crippen molar-refractivity contribution in [3.05, 3.63) is 24.8 Å². The molecule has 0 bridgehead atoms. The van der Waals surface area contributed by atoms with Gasteiger partial charge in [-0.2, -0.15) is 0 Å². The van der Waals surface area contributed by atoms with Crippen LogP contribution in [0.1, 0.15) is 60.3 Å². The van der Waals surface area contributed by atoms with Gasteiger partial charge in [0.25, 0.3) is 0 Å². The number of amides is 1. The molecule has 0 saturated heterocycles. The predicted octanol–water partition coefficient (Wildman–Crippen LogP) is 5.29. The Morgan fingerprint density at radius 2 is 1.88 bits per heavy atom. The molecule has 1 rings (SSSR count). The lowest BCUT2D eigenvalue weighted by molar-refractivity contribution is -0.128. The molecule has 2 unspecified atom stereocenters. The van der Waals surface area contributed by atoms with Crippen LogP contribution in [-0.4, -0.2) is 26.2 Å². The maximum absolute atomic E-state index is 11.7. The molecule has 1 amide bonds. The molecule has 0 aromatic carbocycles. The molecule has 0 radical (unpaired) electrons.